The lowest BCUT2D eigenvalue weighted by atomic mass is 10.1. The van der Waals surface area contributed by atoms with Crippen LogP contribution in [-0.2, 0) is 11.2 Å². The maximum atomic E-state index is 12.3. The number of hydrazone groups is 1. The number of carboxylic acids is 1. The smallest absolute Gasteiger partial charge is 0.326 e. The lowest BCUT2D eigenvalue weighted by Gasteiger charge is -2.15. The summed E-state index contributed by atoms with van der Waals surface area (Å²) in [5.41, 5.74) is 1.85. The summed E-state index contributed by atoms with van der Waals surface area (Å²) in [5.74, 6) is 3.54. The average molecular weight is 311 g/mol. The predicted octanol–water partition coefficient (Wildman–Crippen LogP) is 1.40. The van der Waals surface area contributed by atoms with E-state index in [1.807, 2.05) is 30.3 Å². The fraction of sp³-hybridized carbons (Fsp3) is 0.118. The van der Waals surface area contributed by atoms with Crippen molar-refractivity contribution in [1.29, 1.82) is 0 Å². The molecule has 4 N–H and O–H groups in total. The van der Waals surface area contributed by atoms with Crippen LogP contribution in [-0.4, -0.2) is 29.2 Å². The van der Waals surface area contributed by atoms with E-state index in [2.05, 4.69) is 10.4 Å². The highest BCUT2D eigenvalue weighted by Crippen LogP contribution is 2.07. The molecular weight excluding hydrogens is 294 g/mol. The van der Waals surface area contributed by atoms with Gasteiger partial charge in [-0.25, -0.2) is 4.79 Å². The summed E-state index contributed by atoms with van der Waals surface area (Å²) in [6, 6.07) is 14.7. The highest BCUT2D eigenvalue weighted by Gasteiger charge is 2.21. The first kappa shape index (κ1) is 16.2. The van der Waals surface area contributed by atoms with Crippen molar-refractivity contribution in [2.45, 2.75) is 12.5 Å². The van der Waals surface area contributed by atoms with Gasteiger partial charge < -0.3 is 16.3 Å². The minimum atomic E-state index is -1.08. The zero-order valence-corrected chi connectivity index (χ0v) is 12.3. The molecule has 0 aliphatic rings. The summed E-state index contributed by atoms with van der Waals surface area (Å²) >= 11 is 0. The molecule has 2 rings (SSSR count). The van der Waals surface area contributed by atoms with Gasteiger partial charge in [0, 0.05) is 12.0 Å². The zero-order valence-electron chi connectivity index (χ0n) is 12.3. The fourth-order valence-corrected chi connectivity index (χ4v) is 2.14. The Kier molecular flexibility index (Phi) is 5.46. The minimum absolute atomic E-state index is 0.214. The summed E-state index contributed by atoms with van der Waals surface area (Å²) in [4.78, 5) is 23.6. The Bertz CT molecular complexity index is 714. The molecular formula is C17H17N3O3. The molecule has 0 radical (unpaired) electrons. The first-order valence-corrected chi connectivity index (χ1v) is 7.01. The van der Waals surface area contributed by atoms with Gasteiger partial charge in [-0.2, -0.15) is 5.10 Å². The number of hydrogen-bond acceptors (Lipinski definition) is 4. The van der Waals surface area contributed by atoms with Crippen LogP contribution in [0, 0.1) is 0 Å². The van der Waals surface area contributed by atoms with Gasteiger partial charge in [0.25, 0.3) is 5.91 Å². The second-order valence-electron chi connectivity index (χ2n) is 4.96. The number of aliphatic carboxylic acids is 1. The van der Waals surface area contributed by atoms with Crippen LogP contribution in [0.25, 0.3) is 0 Å². The van der Waals surface area contributed by atoms with Crippen molar-refractivity contribution in [3.8, 4) is 0 Å². The summed E-state index contributed by atoms with van der Waals surface area (Å²) in [5, 5.41) is 15.3. The van der Waals surface area contributed by atoms with E-state index in [4.69, 9.17) is 5.84 Å². The number of rotatable bonds is 6. The third-order valence-corrected chi connectivity index (χ3v) is 3.26. The predicted molar refractivity (Wildman–Crippen MR) is 87.3 cm³/mol. The van der Waals surface area contributed by atoms with E-state index < -0.39 is 17.9 Å². The maximum Gasteiger partial charge on any atom is 0.326 e. The van der Waals surface area contributed by atoms with Crippen molar-refractivity contribution >= 4 is 18.1 Å². The minimum Gasteiger partial charge on any atom is -0.480 e. The van der Waals surface area contributed by atoms with E-state index in [0.717, 1.165) is 5.56 Å². The molecule has 6 heteroatoms. The van der Waals surface area contributed by atoms with Crippen molar-refractivity contribution in [1.82, 2.24) is 5.32 Å². The molecule has 23 heavy (non-hydrogen) atoms. The molecule has 1 atom stereocenters. The molecule has 0 spiro atoms. The van der Waals surface area contributed by atoms with Crippen molar-refractivity contribution in [3.05, 3.63) is 71.3 Å². The summed E-state index contributed by atoms with van der Waals surface area (Å²) in [6.45, 7) is 0. The topological polar surface area (TPSA) is 105 Å². The Balaban J connectivity index is 2.12. The number of nitrogens with zero attached hydrogens (tertiary/aromatic N) is 1. The Morgan fingerprint density at radius 1 is 1.17 bits per heavy atom. The standard InChI is InChI=1S/C17H17N3O3/c18-19-11-13-7-4-8-14(9-13)16(21)20-15(17(22)23)10-12-5-2-1-3-6-12/h1-9,11,15H,10,18H2,(H,20,21)(H,22,23). The van der Waals surface area contributed by atoms with Gasteiger partial charge in [0.15, 0.2) is 0 Å². The molecule has 0 aliphatic heterocycles. The number of benzene rings is 2. The third kappa shape index (κ3) is 4.67. The molecule has 0 bridgehead atoms. The first-order chi connectivity index (χ1) is 11.1. The second kappa shape index (κ2) is 7.74. The van der Waals surface area contributed by atoms with Crippen LogP contribution < -0.4 is 11.2 Å². The number of carbonyl (C=O) groups excluding carboxylic acids is 1. The van der Waals surface area contributed by atoms with Gasteiger partial charge in [-0.1, -0.05) is 42.5 Å². The van der Waals surface area contributed by atoms with E-state index in [1.54, 1.807) is 24.3 Å². The number of carbonyl (C=O) groups is 2. The number of hydrogen-bond donors (Lipinski definition) is 3. The molecule has 1 amide bonds. The van der Waals surface area contributed by atoms with Crippen LogP contribution in [0.15, 0.2) is 59.7 Å². The fourth-order valence-electron chi connectivity index (χ4n) is 2.14. The van der Waals surface area contributed by atoms with Gasteiger partial charge in [0.1, 0.15) is 6.04 Å². The van der Waals surface area contributed by atoms with Crippen molar-refractivity contribution in [3.63, 3.8) is 0 Å². The lowest BCUT2D eigenvalue weighted by Crippen LogP contribution is -2.42. The van der Waals surface area contributed by atoms with Crippen LogP contribution in [0.3, 0.4) is 0 Å². The molecule has 0 saturated heterocycles. The van der Waals surface area contributed by atoms with Gasteiger partial charge in [0.2, 0.25) is 0 Å². The zero-order chi connectivity index (χ0) is 16.7. The molecule has 0 aliphatic carbocycles. The molecule has 1 unspecified atom stereocenters. The third-order valence-electron chi connectivity index (χ3n) is 3.26. The van der Waals surface area contributed by atoms with E-state index in [0.29, 0.717) is 11.1 Å². The quantitative estimate of drug-likeness (QED) is 0.426. The Hall–Kier alpha value is -3.15. The SMILES string of the molecule is NN=Cc1cccc(C(=O)NC(Cc2ccccc2)C(=O)O)c1. The molecule has 2 aromatic rings. The van der Waals surface area contributed by atoms with Crippen molar-refractivity contribution in [2.75, 3.05) is 0 Å². The van der Waals surface area contributed by atoms with Crippen molar-refractivity contribution < 1.29 is 14.7 Å². The van der Waals surface area contributed by atoms with E-state index in [9.17, 15) is 14.7 Å². The monoisotopic (exact) mass is 311 g/mol. The van der Waals surface area contributed by atoms with Crippen LogP contribution in [0.4, 0.5) is 0 Å². The molecule has 0 saturated carbocycles. The molecule has 118 valence electrons. The average Bonchev–Trinajstić information content (AvgIpc) is 2.55. The number of nitrogens with one attached hydrogen (secondary N) is 1. The lowest BCUT2D eigenvalue weighted by molar-refractivity contribution is -0.139. The summed E-state index contributed by atoms with van der Waals surface area (Å²) in [7, 11) is 0. The number of amides is 1. The van der Waals surface area contributed by atoms with Gasteiger partial charge >= 0.3 is 5.97 Å². The highest BCUT2D eigenvalue weighted by atomic mass is 16.4. The normalized spacial score (nSPS) is 12.0. The van der Waals surface area contributed by atoms with Crippen molar-refractivity contribution in [2.24, 2.45) is 10.9 Å². The van der Waals surface area contributed by atoms with Gasteiger partial charge in [-0.05, 0) is 23.3 Å². The van der Waals surface area contributed by atoms with Gasteiger partial charge in [-0.3, -0.25) is 4.79 Å². The Labute approximate surface area is 133 Å². The van der Waals surface area contributed by atoms with Crippen LogP contribution in [0.2, 0.25) is 0 Å². The van der Waals surface area contributed by atoms with E-state index in [-0.39, 0.29) is 6.42 Å². The van der Waals surface area contributed by atoms with Gasteiger partial charge in [0.05, 0.1) is 6.21 Å². The molecule has 0 aromatic heterocycles. The highest BCUT2D eigenvalue weighted by molar-refractivity contribution is 5.98. The first-order valence-electron chi connectivity index (χ1n) is 7.01. The van der Waals surface area contributed by atoms with Crippen LogP contribution in [0.5, 0.6) is 0 Å². The molecule has 0 fully saturated rings. The van der Waals surface area contributed by atoms with Crippen LogP contribution >= 0.6 is 0 Å². The maximum absolute atomic E-state index is 12.3. The Morgan fingerprint density at radius 2 is 1.91 bits per heavy atom. The van der Waals surface area contributed by atoms with Gasteiger partial charge in [-0.15, -0.1) is 0 Å². The molecule has 6 nitrogen and oxygen atoms in total. The number of nitrogens with two attached hydrogens (primary N) is 1. The molecule has 2 aromatic carbocycles. The number of carboxylic acid groups (broad SMARTS) is 1. The van der Waals surface area contributed by atoms with E-state index >= 15 is 0 Å². The summed E-state index contributed by atoms with van der Waals surface area (Å²) < 4.78 is 0. The van der Waals surface area contributed by atoms with Crippen LogP contribution in [0.1, 0.15) is 21.5 Å². The summed E-state index contributed by atoms with van der Waals surface area (Å²) in [6.07, 6.45) is 1.63. The van der Waals surface area contributed by atoms with E-state index in [1.165, 1.54) is 6.21 Å². The largest absolute Gasteiger partial charge is 0.480 e. The Morgan fingerprint density at radius 3 is 2.57 bits per heavy atom. The molecule has 0 heterocycles. The second-order valence-corrected chi connectivity index (χ2v) is 4.96.